The molecule has 3 heteroatoms. The van der Waals surface area contributed by atoms with Crippen molar-refractivity contribution in [2.24, 2.45) is 0 Å². The highest BCUT2D eigenvalue weighted by Crippen LogP contribution is 2.33. The number of aromatic nitrogens is 1. The van der Waals surface area contributed by atoms with Crippen LogP contribution in [0.1, 0.15) is 5.56 Å². The SMILES string of the molecule is c1ccc2c(c1)[nH]c1c(-c3ccc(COCC4CO4)cc3)cccc12. The highest BCUT2D eigenvalue weighted by molar-refractivity contribution is 6.11. The fourth-order valence-electron chi connectivity index (χ4n) is 3.37. The second-order valence-corrected chi connectivity index (χ2v) is 6.57. The van der Waals surface area contributed by atoms with Crippen LogP contribution in [0.15, 0.2) is 66.7 Å². The number of aromatic amines is 1. The van der Waals surface area contributed by atoms with Crippen molar-refractivity contribution in [1.82, 2.24) is 4.98 Å². The summed E-state index contributed by atoms with van der Waals surface area (Å²) in [4.78, 5) is 3.57. The zero-order valence-electron chi connectivity index (χ0n) is 13.9. The van der Waals surface area contributed by atoms with Gasteiger partial charge in [0.25, 0.3) is 0 Å². The Kier molecular flexibility index (Phi) is 3.54. The van der Waals surface area contributed by atoms with Gasteiger partial charge in [0.1, 0.15) is 6.10 Å². The van der Waals surface area contributed by atoms with Gasteiger partial charge < -0.3 is 14.5 Å². The number of rotatable bonds is 5. The molecular weight excluding hydrogens is 310 g/mol. The summed E-state index contributed by atoms with van der Waals surface area (Å²) in [6.07, 6.45) is 0.318. The Hall–Kier alpha value is -2.62. The molecule has 1 N–H and O–H groups in total. The van der Waals surface area contributed by atoms with Gasteiger partial charge in [0, 0.05) is 21.9 Å². The van der Waals surface area contributed by atoms with Gasteiger partial charge in [-0.3, -0.25) is 0 Å². The molecule has 25 heavy (non-hydrogen) atoms. The molecule has 3 nitrogen and oxygen atoms in total. The highest BCUT2D eigenvalue weighted by Gasteiger charge is 2.22. The lowest BCUT2D eigenvalue weighted by Gasteiger charge is -2.06. The predicted octanol–water partition coefficient (Wildman–Crippen LogP) is 4.90. The fourth-order valence-corrected chi connectivity index (χ4v) is 3.37. The largest absolute Gasteiger partial charge is 0.374 e. The van der Waals surface area contributed by atoms with Crippen LogP contribution in [-0.2, 0) is 16.1 Å². The first-order chi connectivity index (χ1) is 12.4. The fraction of sp³-hybridized carbons (Fsp3) is 0.182. The molecule has 4 aromatic rings. The van der Waals surface area contributed by atoms with E-state index in [1.54, 1.807) is 0 Å². The first-order valence-electron chi connectivity index (χ1n) is 8.66. The molecule has 1 unspecified atom stereocenters. The molecule has 1 aromatic heterocycles. The third-order valence-corrected chi connectivity index (χ3v) is 4.78. The molecule has 1 fully saturated rings. The third kappa shape index (κ3) is 2.82. The minimum atomic E-state index is 0.318. The molecule has 3 aromatic carbocycles. The van der Waals surface area contributed by atoms with Crippen LogP contribution in [0.4, 0.5) is 0 Å². The number of epoxide rings is 1. The van der Waals surface area contributed by atoms with Gasteiger partial charge >= 0.3 is 0 Å². The minimum Gasteiger partial charge on any atom is -0.374 e. The Labute approximate surface area is 146 Å². The maximum atomic E-state index is 5.67. The van der Waals surface area contributed by atoms with Gasteiger partial charge in [-0.1, -0.05) is 60.7 Å². The third-order valence-electron chi connectivity index (χ3n) is 4.78. The van der Waals surface area contributed by atoms with E-state index in [-0.39, 0.29) is 0 Å². The number of nitrogens with one attached hydrogen (secondary N) is 1. The second-order valence-electron chi connectivity index (χ2n) is 6.57. The molecule has 2 heterocycles. The van der Waals surface area contributed by atoms with E-state index in [0.717, 1.165) is 6.61 Å². The molecule has 124 valence electrons. The van der Waals surface area contributed by atoms with Crippen molar-refractivity contribution >= 4 is 21.8 Å². The molecule has 0 bridgehead atoms. The van der Waals surface area contributed by atoms with Crippen LogP contribution >= 0.6 is 0 Å². The van der Waals surface area contributed by atoms with Crippen LogP contribution in [0.25, 0.3) is 32.9 Å². The minimum absolute atomic E-state index is 0.318. The van der Waals surface area contributed by atoms with Gasteiger partial charge in [-0.15, -0.1) is 0 Å². The van der Waals surface area contributed by atoms with E-state index in [1.165, 1.54) is 38.5 Å². The number of fused-ring (bicyclic) bond motifs is 3. The summed E-state index contributed by atoms with van der Waals surface area (Å²) >= 11 is 0. The van der Waals surface area contributed by atoms with Gasteiger partial charge in [0.05, 0.1) is 25.3 Å². The number of para-hydroxylation sites is 2. The maximum Gasteiger partial charge on any atom is 0.104 e. The van der Waals surface area contributed by atoms with E-state index < -0.39 is 0 Å². The summed E-state index contributed by atoms with van der Waals surface area (Å²) < 4.78 is 10.8. The number of H-pyrrole nitrogens is 1. The highest BCUT2D eigenvalue weighted by atomic mass is 16.6. The Morgan fingerprint density at radius 3 is 2.56 bits per heavy atom. The van der Waals surface area contributed by atoms with Gasteiger partial charge in [-0.05, 0) is 17.2 Å². The quantitative estimate of drug-likeness (QED) is 0.529. The summed E-state index contributed by atoms with van der Waals surface area (Å²) in [5.41, 5.74) is 6.00. The van der Waals surface area contributed by atoms with Crippen molar-refractivity contribution in [3.63, 3.8) is 0 Å². The molecule has 0 aliphatic carbocycles. The standard InChI is InChI=1S/C22H19NO2/c1-2-7-21-19(4-1)20-6-3-5-18(22(20)23-21)16-10-8-15(9-11-16)12-24-13-17-14-25-17/h1-11,17,23H,12-14H2. The molecule has 1 aliphatic rings. The van der Waals surface area contributed by atoms with Crippen molar-refractivity contribution in [2.75, 3.05) is 13.2 Å². The van der Waals surface area contributed by atoms with Crippen LogP contribution < -0.4 is 0 Å². The van der Waals surface area contributed by atoms with Crippen LogP contribution in [0.2, 0.25) is 0 Å². The smallest absolute Gasteiger partial charge is 0.104 e. The van der Waals surface area contributed by atoms with Gasteiger partial charge in [-0.25, -0.2) is 0 Å². The van der Waals surface area contributed by atoms with E-state index in [9.17, 15) is 0 Å². The number of ether oxygens (including phenoxy) is 2. The van der Waals surface area contributed by atoms with Crippen molar-refractivity contribution in [3.8, 4) is 11.1 Å². The number of benzene rings is 3. The molecular formula is C22H19NO2. The Balaban J connectivity index is 1.47. The van der Waals surface area contributed by atoms with Crippen molar-refractivity contribution in [1.29, 1.82) is 0 Å². The zero-order chi connectivity index (χ0) is 16.6. The van der Waals surface area contributed by atoms with Gasteiger partial charge in [0.15, 0.2) is 0 Å². The Morgan fingerprint density at radius 1 is 0.920 bits per heavy atom. The van der Waals surface area contributed by atoms with E-state index in [2.05, 4.69) is 71.7 Å². The van der Waals surface area contributed by atoms with Crippen LogP contribution in [0.3, 0.4) is 0 Å². The van der Waals surface area contributed by atoms with E-state index in [0.29, 0.717) is 19.3 Å². The number of hydrogen-bond acceptors (Lipinski definition) is 2. The topological polar surface area (TPSA) is 37.5 Å². The molecule has 1 aliphatic heterocycles. The maximum absolute atomic E-state index is 5.67. The van der Waals surface area contributed by atoms with E-state index >= 15 is 0 Å². The lowest BCUT2D eigenvalue weighted by Crippen LogP contribution is -2.01. The molecule has 0 amide bonds. The normalized spacial score (nSPS) is 16.6. The van der Waals surface area contributed by atoms with E-state index in [4.69, 9.17) is 9.47 Å². The lowest BCUT2D eigenvalue weighted by molar-refractivity contribution is 0.104. The predicted molar refractivity (Wildman–Crippen MR) is 101 cm³/mol. The summed E-state index contributed by atoms with van der Waals surface area (Å²) in [6.45, 7) is 2.17. The molecule has 1 saturated heterocycles. The molecule has 0 saturated carbocycles. The Bertz CT molecular complexity index is 1030. The Morgan fingerprint density at radius 2 is 1.72 bits per heavy atom. The van der Waals surface area contributed by atoms with Crippen LogP contribution in [0, 0.1) is 0 Å². The first kappa shape index (κ1) is 14.7. The average Bonchev–Trinajstić information content (AvgIpc) is 3.40. The van der Waals surface area contributed by atoms with Crippen LogP contribution in [-0.4, -0.2) is 24.3 Å². The van der Waals surface area contributed by atoms with Crippen molar-refractivity contribution in [2.45, 2.75) is 12.7 Å². The second kappa shape index (κ2) is 6.03. The summed E-state index contributed by atoms with van der Waals surface area (Å²) in [5, 5.41) is 2.54. The van der Waals surface area contributed by atoms with Crippen molar-refractivity contribution in [3.05, 3.63) is 72.3 Å². The monoisotopic (exact) mass is 329 g/mol. The summed E-state index contributed by atoms with van der Waals surface area (Å²) in [6, 6.07) is 23.6. The van der Waals surface area contributed by atoms with E-state index in [1.807, 2.05) is 0 Å². The molecule has 0 spiro atoms. The molecule has 1 atom stereocenters. The van der Waals surface area contributed by atoms with Gasteiger partial charge in [0.2, 0.25) is 0 Å². The summed E-state index contributed by atoms with van der Waals surface area (Å²) in [5.74, 6) is 0. The van der Waals surface area contributed by atoms with Gasteiger partial charge in [-0.2, -0.15) is 0 Å². The summed E-state index contributed by atoms with van der Waals surface area (Å²) in [7, 11) is 0. The zero-order valence-corrected chi connectivity index (χ0v) is 13.9. The molecule has 5 rings (SSSR count). The van der Waals surface area contributed by atoms with Crippen LogP contribution in [0.5, 0.6) is 0 Å². The van der Waals surface area contributed by atoms with Crippen molar-refractivity contribution < 1.29 is 9.47 Å². The lowest BCUT2D eigenvalue weighted by atomic mass is 10.0. The average molecular weight is 329 g/mol. The number of hydrogen-bond donors (Lipinski definition) is 1. The first-order valence-corrected chi connectivity index (χ1v) is 8.66. The molecule has 0 radical (unpaired) electrons.